The van der Waals surface area contributed by atoms with Crippen molar-refractivity contribution >= 4 is 35.9 Å². The molecule has 0 amide bonds. The molecule has 7 heteroatoms. The first-order valence-electron chi connectivity index (χ1n) is 10.2. The second-order valence-electron chi connectivity index (χ2n) is 7.27. The first-order valence-corrected chi connectivity index (χ1v) is 10.2. The van der Waals surface area contributed by atoms with Crippen molar-refractivity contribution in [1.29, 1.82) is 0 Å². The summed E-state index contributed by atoms with van der Waals surface area (Å²) in [6, 6.07) is 0. The molecular formula is C20H40IN3O3. The molecule has 0 spiro atoms. The van der Waals surface area contributed by atoms with E-state index in [2.05, 4.69) is 15.6 Å². The number of ether oxygens (including phenoxy) is 2. The summed E-state index contributed by atoms with van der Waals surface area (Å²) in [6.45, 7) is 5.03. The van der Waals surface area contributed by atoms with Crippen molar-refractivity contribution in [3.63, 3.8) is 0 Å². The van der Waals surface area contributed by atoms with Crippen LogP contribution in [0.3, 0.4) is 0 Å². The van der Waals surface area contributed by atoms with Crippen LogP contribution in [0.2, 0.25) is 0 Å². The molecule has 0 bridgehead atoms. The Morgan fingerprint density at radius 1 is 1.11 bits per heavy atom. The highest BCUT2D eigenvalue weighted by Gasteiger charge is 2.33. The number of hydrogen-bond donors (Lipinski definition) is 2. The molecule has 0 aromatic carbocycles. The zero-order chi connectivity index (χ0) is 19.1. The van der Waals surface area contributed by atoms with Gasteiger partial charge >= 0.3 is 5.97 Å². The Labute approximate surface area is 182 Å². The van der Waals surface area contributed by atoms with Crippen molar-refractivity contribution < 1.29 is 14.3 Å². The molecule has 1 fully saturated rings. The number of hydrogen-bond acceptors (Lipinski definition) is 4. The first-order chi connectivity index (χ1) is 12.7. The van der Waals surface area contributed by atoms with Crippen molar-refractivity contribution in [2.24, 2.45) is 10.4 Å². The lowest BCUT2D eigenvalue weighted by Gasteiger charge is -2.30. The van der Waals surface area contributed by atoms with Gasteiger partial charge in [0.05, 0.1) is 6.61 Å². The van der Waals surface area contributed by atoms with Gasteiger partial charge in [0.2, 0.25) is 0 Å². The van der Waals surface area contributed by atoms with Crippen molar-refractivity contribution in [2.45, 2.75) is 71.1 Å². The number of nitrogens with one attached hydrogen (secondary N) is 2. The molecule has 1 saturated carbocycles. The van der Waals surface area contributed by atoms with Crippen LogP contribution in [0, 0.1) is 5.41 Å². The van der Waals surface area contributed by atoms with E-state index in [1.54, 1.807) is 7.11 Å². The van der Waals surface area contributed by atoms with Crippen LogP contribution in [0.5, 0.6) is 0 Å². The van der Waals surface area contributed by atoms with Crippen LogP contribution >= 0.6 is 24.0 Å². The molecule has 0 atom stereocenters. The van der Waals surface area contributed by atoms with Crippen molar-refractivity contribution in [3.05, 3.63) is 0 Å². The summed E-state index contributed by atoms with van der Waals surface area (Å²) >= 11 is 0. The fraction of sp³-hybridized carbons (Fsp3) is 0.900. The maximum Gasteiger partial charge on any atom is 0.305 e. The Kier molecular flexibility index (Phi) is 16.0. The third-order valence-corrected chi connectivity index (χ3v) is 5.26. The maximum absolute atomic E-state index is 11.3. The zero-order valence-corrected chi connectivity index (χ0v) is 19.8. The lowest BCUT2D eigenvalue weighted by molar-refractivity contribution is -0.143. The second-order valence-corrected chi connectivity index (χ2v) is 7.27. The second kappa shape index (κ2) is 16.4. The average molecular weight is 497 g/mol. The van der Waals surface area contributed by atoms with Gasteiger partial charge in [0.15, 0.2) is 5.96 Å². The summed E-state index contributed by atoms with van der Waals surface area (Å²) in [5.41, 5.74) is 0.362. The zero-order valence-electron chi connectivity index (χ0n) is 17.5. The molecule has 0 saturated heterocycles. The Morgan fingerprint density at radius 2 is 1.81 bits per heavy atom. The monoisotopic (exact) mass is 497 g/mol. The van der Waals surface area contributed by atoms with Gasteiger partial charge in [-0.05, 0) is 44.4 Å². The molecule has 27 heavy (non-hydrogen) atoms. The number of carbonyl (C=O) groups excluding carboxylic acids is 1. The smallest absolute Gasteiger partial charge is 0.305 e. The van der Waals surface area contributed by atoms with Gasteiger partial charge < -0.3 is 20.1 Å². The predicted molar refractivity (Wildman–Crippen MR) is 122 cm³/mol. The van der Waals surface area contributed by atoms with Crippen LogP contribution in [0.4, 0.5) is 0 Å². The molecule has 0 aliphatic heterocycles. The summed E-state index contributed by atoms with van der Waals surface area (Å²) < 4.78 is 10.2. The number of esters is 1. The molecule has 1 aliphatic carbocycles. The molecular weight excluding hydrogens is 457 g/mol. The van der Waals surface area contributed by atoms with E-state index in [4.69, 9.17) is 9.47 Å². The minimum atomic E-state index is -0.0791. The van der Waals surface area contributed by atoms with Gasteiger partial charge in [-0.1, -0.05) is 25.7 Å². The minimum absolute atomic E-state index is 0. The van der Waals surface area contributed by atoms with Gasteiger partial charge in [-0.2, -0.15) is 0 Å². The van der Waals surface area contributed by atoms with Crippen molar-refractivity contribution in [1.82, 2.24) is 10.6 Å². The maximum atomic E-state index is 11.3. The minimum Gasteiger partial charge on any atom is -0.466 e. The highest BCUT2D eigenvalue weighted by atomic mass is 127. The normalized spacial score (nSPS) is 15.9. The van der Waals surface area contributed by atoms with E-state index in [1.807, 2.05) is 14.0 Å². The molecule has 160 valence electrons. The van der Waals surface area contributed by atoms with Crippen LogP contribution in [0.15, 0.2) is 4.99 Å². The van der Waals surface area contributed by atoms with Crippen molar-refractivity contribution in [2.75, 3.05) is 40.5 Å². The number of carbonyl (C=O) groups is 1. The van der Waals surface area contributed by atoms with Crippen molar-refractivity contribution in [3.8, 4) is 0 Å². The van der Waals surface area contributed by atoms with Gasteiger partial charge in [-0.25, -0.2) is 0 Å². The Hall–Kier alpha value is -0.570. The lowest BCUT2D eigenvalue weighted by atomic mass is 9.83. The number of rotatable bonds is 13. The van der Waals surface area contributed by atoms with E-state index in [0.29, 0.717) is 18.4 Å². The molecule has 1 aliphatic rings. The van der Waals surface area contributed by atoms with E-state index in [0.717, 1.165) is 57.8 Å². The Balaban J connectivity index is 0.00000676. The fourth-order valence-corrected chi connectivity index (χ4v) is 3.64. The molecule has 0 radical (unpaired) electrons. The van der Waals surface area contributed by atoms with Crippen LogP contribution in [-0.4, -0.2) is 52.4 Å². The largest absolute Gasteiger partial charge is 0.466 e. The fourth-order valence-electron chi connectivity index (χ4n) is 3.64. The third-order valence-electron chi connectivity index (χ3n) is 5.26. The number of methoxy groups -OCH3 is 1. The van der Waals surface area contributed by atoms with Crippen LogP contribution in [-0.2, 0) is 14.3 Å². The molecule has 0 aromatic rings. The van der Waals surface area contributed by atoms with Gasteiger partial charge in [0.25, 0.3) is 0 Å². The molecule has 0 unspecified atom stereocenters. The summed E-state index contributed by atoms with van der Waals surface area (Å²) in [5, 5.41) is 6.92. The Bertz CT molecular complexity index is 413. The van der Waals surface area contributed by atoms with Crippen LogP contribution in [0.1, 0.15) is 71.1 Å². The number of guanidine groups is 1. The van der Waals surface area contributed by atoms with Gasteiger partial charge in [0, 0.05) is 40.3 Å². The summed E-state index contributed by atoms with van der Waals surface area (Å²) in [5.74, 6) is 0.810. The van der Waals surface area contributed by atoms with E-state index in [9.17, 15) is 4.79 Å². The third kappa shape index (κ3) is 11.8. The van der Waals surface area contributed by atoms with Gasteiger partial charge in [0.1, 0.15) is 0 Å². The average Bonchev–Trinajstić information content (AvgIpc) is 3.11. The van der Waals surface area contributed by atoms with Gasteiger partial charge in [-0.3, -0.25) is 9.79 Å². The highest BCUT2D eigenvalue weighted by Crippen LogP contribution is 2.40. The van der Waals surface area contributed by atoms with Gasteiger partial charge in [-0.15, -0.1) is 24.0 Å². The van der Waals surface area contributed by atoms with E-state index >= 15 is 0 Å². The topological polar surface area (TPSA) is 72.0 Å². The molecule has 6 nitrogen and oxygen atoms in total. The highest BCUT2D eigenvalue weighted by molar-refractivity contribution is 14.0. The number of nitrogens with zero attached hydrogens (tertiary/aromatic N) is 1. The molecule has 1 rings (SSSR count). The quantitative estimate of drug-likeness (QED) is 0.133. The van der Waals surface area contributed by atoms with E-state index < -0.39 is 0 Å². The molecule has 0 aromatic heterocycles. The lowest BCUT2D eigenvalue weighted by Crippen LogP contribution is -2.43. The standard InChI is InChI=1S/C20H39N3O3.HI/c1-4-26-18(24)11-7-5-6-10-15-22-19(21-2)23-17-20(14-16-25-3)12-8-9-13-20;/h4-17H2,1-3H3,(H2,21,22,23);1H. The molecule has 2 N–H and O–H groups in total. The summed E-state index contributed by atoms with van der Waals surface area (Å²) in [4.78, 5) is 15.6. The Morgan fingerprint density at radius 3 is 2.44 bits per heavy atom. The van der Waals surface area contributed by atoms with E-state index in [-0.39, 0.29) is 29.9 Å². The summed E-state index contributed by atoms with van der Waals surface area (Å²) in [6.07, 6.45) is 11.0. The summed E-state index contributed by atoms with van der Waals surface area (Å²) in [7, 11) is 3.61. The number of unbranched alkanes of at least 4 members (excludes halogenated alkanes) is 3. The number of halogens is 1. The van der Waals surface area contributed by atoms with Crippen LogP contribution < -0.4 is 10.6 Å². The molecule has 0 heterocycles. The SMILES string of the molecule is CCOC(=O)CCCCCCNC(=NC)NCC1(CCOC)CCCC1.I. The van der Waals surface area contributed by atoms with E-state index in [1.165, 1.54) is 25.7 Å². The predicted octanol–water partition coefficient (Wildman–Crippen LogP) is 3.88. The van der Waals surface area contributed by atoms with Crippen LogP contribution in [0.25, 0.3) is 0 Å². The number of aliphatic imine (C=N–C) groups is 1. The first kappa shape index (κ1) is 26.4.